The molecule has 0 atom stereocenters. The molecule has 5 heteroatoms. The van der Waals surface area contributed by atoms with E-state index < -0.39 is 0 Å². The molecule has 0 unspecified atom stereocenters. The summed E-state index contributed by atoms with van der Waals surface area (Å²) in [5, 5.41) is 0.644. The fourth-order valence-corrected chi connectivity index (χ4v) is 1.42. The zero-order chi connectivity index (χ0) is 12.7. The summed E-state index contributed by atoms with van der Waals surface area (Å²) in [5.41, 5.74) is 0. The van der Waals surface area contributed by atoms with Crippen LogP contribution in [0.4, 0.5) is 0 Å². The van der Waals surface area contributed by atoms with Gasteiger partial charge in [0, 0.05) is 11.6 Å². The average molecular weight is 258 g/mol. The van der Waals surface area contributed by atoms with Crippen LogP contribution < -0.4 is 4.74 Å². The van der Waals surface area contributed by atoms with E-state index in [9.17, 15) is 4.79 Å². The van der Waals surface area contributed by atoms with E-state index in [4.69, 9.17) is 16.3 Å². The van der Waals surface area contributed by atoms with Crippen molar-refractivity contribution in [3.63, 3.8) is 0 Å². The third-order valence-corrected chi connectivity index (χ3v) is 2.40. The average Bonchev–Trinajstić information content (AvgIpc) is 2.29. The number of nitrogens with zero attached hydrogens (tertiary/aromatic N) is 1. The van der Waals surface area contributed by atoms with Crippen LogP contribution in [-0.2, 0) is 9.53 Å². The minimum atomic E-state index is -0.254. The lowest BCUT2D eigenvalue weighted by Gasteiger charge is -2.15. The molecule has 1 aromatic carbocycles. The number of carbonyl (C=O) groups is 1. The van der Waals surface area contributed by atoms with Gasteiger partial charge >= 0.3 is 5.97 Å². The van der Waals surface area contributed by atoms with Crippen LogP contribution in [0.5, 0.6) is 5.75 Å². The molecule has 0 aliphatic rings. The fourth-order valence-electron chi connectivity index (χ4n) is 1.24. The summed E-state index contributed by atoms with van der Waals surface area (Å²) in [6, 6.07) is 7.21. The lowest BCUT2D eigenvalue weighted by molar-refractivity contribution is -0.141. The topological polar surface area (TPSA) is 38.8 Å². The maximum Gasteiger partial charge on any atom is 0.319 e. The molecule has 94 valence electrons. The molecule has 0 amide bonds. The molecule has 0 aliphatic carbocycles. The van der Waals surface area contributed by atoms with Crippen LogP contribution in [0.15, 0.2) is 24.3 Å². The van der Waals surface area contributed by atoms with Crippen LogP contribution in [0.2, 0.25) is 5.02 Å². The van der Waals surface area contributed by atoms with Crippen molar-refractivity contribution in [1.82, 2.24) is 4.90 Å². The molecule has 0 fully saturated rings. The molecule has 0 saturated heterocycles. The first-order chi connectivity index (χ1) is 8.11. The molecule has 0 radical (unpaired) electrons. The molecule has 1 rings (SSSR count). The van der Waals surface area contributed by atoms with Gasteiger partial charge in [0.1, 0.15) is 12.4 Å². The van der Waals surface area contributed by atoms with E-state index in [-0.39, 0.29) is 12.5 Å². The minimum absolute atomic E-state index is 0.254. The van der Waals surface area contributed by atoms with Crippen molar-refractivity contribution in [3.05, 3.63) is 29.3 Å². The summed E-state index contributed by atoms with van der Waals surface area (Å²) >= 11 is 5.82. The number of esters is 1. The Morgan fingerprint density at radius 1 is 1.47 bits per heavy atom. The summed E-state index contributed by atoms with van der Waals surface area (Å²) in [7, 11) is 3.21. The van der Waals surface area contributed by atoms with Crippen LogP contribution >= 0.6 is 11.6 Å². The van der Waals surface area contributed by atoms with Gasteiger partial charge in [-0.05, 0) is 25.2 Å². The van der Waals surface area contributed by atoms with Crippen molar-refractivity contribution in [2.24, 2.45) is 0 Å². The summed E-state index contributed by atoms with van der Waals surface area (Å²) in [6.07, 6.45) is 0. The smallest absolute Gasteiger partial charge is 0.319 e. The van der Waals surface area contributed by atoms with Gasteiger partial charge in [-0.25, -0.2) is 0 Å². The van der Waals surface area contributed by atoms with Gasteiger partial charge in [0.2, 0.25) is 0 Å². The molecular formula is C12H16ClNO3. The largest absolute Gasteiger partial charge is 0.492 e. The van der Waals surface area contributed by atoms with Gasteiger partial charge in [-0.2, -0.15) is 0 Å². The Morgan fingerprint density at radius 3 is 2.88 bits per heavy atom. The van der Waals surface area contributed by atoms with E-state index in [1.165, 1.54) is 7.11 Å². The van der Waals surface area contributed by atoms with E-state index in [1.807, 2.05) is 24.1 Å². The number of ether oxygens (including phenoxy) is 2. The van der Waals surface area contributed by atoms with Crippen molar-refractivity contribution >= 4 is 17.6 Å². The van der Waals surface area contributed by atoms with Crippen LogP contribution in [0, 0.1) is 0 Å². The highest BCUT2D eigenvalue weighted by Crippen LogP contribution is 2.16. The van der Waals surface area contributed by atoms with Crippen molar-refractivity contribution in [3.8, 4) is 5.75 Å². The summed E-state index contributed by atoms with van der Waals surface area (Å²) < 4.78 is 10.1. The van der Waals surface area contributed by atoms with Gasteiger partial charge in [-0.1, -0.05) is 17.7 Å². The van der Waals surface area contributed by atoms with Gasteiger partial charge in [0.25, 0.3) is 0 Å². The zero-order valence-corrected chi connectivity index (χ0v) is 10.7. The maximum atomic E-state index is 11.0. The van der Waals surface area contributed by atoms with Crippen LogP contribution in [-0.4, -0.2) is 44.7 Å². The lowest BCUT2D eigenvalue weighted by Crippen LogP contribution is -2.30. The number of hydrogen-bond donors (Lipinski definition) is 0. The van der Waals surface area contributed by atoms with Gasteiger partial charge in [-0.15, -0.1) is 0 Å². The van der Waals surface area contributed by atoms with Crippen LogP contribution in [0.3, 0.4) is 0 Å². The maximum absolute atomic E-state index is 11.0. The number of halogens is 1. The molecule has 17 heavy (non-hydrogen) atoms. The molecular weight excluding hydrogens is 242 g/mol. The first-order valence-corrected chi connectivity index (χ1v) is 5.63. The first kappa shape index (κ1) is 13.8. The molecule has 0 bridgehead atoms. The third kappa shape index (κ3) is 5.56. The van der Waals surface area contributed by atoms with E-state index in [0.29, 0.717) is 18.2 Å². The van der Waals surface area contributed by atoms with Gasteiger partial charge < -0.3 is 9.47 Å². The third-order valence-electron chi connectivity index (χ3n) is 2.16. The molecule has 0 aliphatic heterocycles. The second-order valence-corrected chi connectivity index (χ2v) is 4.06. The Labute approximate surface area is 106 Å². The number of methoxy groups -OCH3 is 1. The normalized spacial score (nSPS) is 10.4. The summed E-state index contributed by atoms with van der Waals surface area (Å²) in [6.45, 7) is 1.39. The number of hydrogen-bond acceptors (Lipinski definition) is 4. The standard InChI is InChI=1S/C12H16ClNO3/c1-14(9-12(15)16-2)6-7-17-11-5-3-4-10(13)8-11/h3-5,8H,6-7,9H2,1-2H3. The van der Waals surface area contributed by atoms with E-state index in [2.05, 4.69) is 4.74 Å². The number of rotatable bonds is 6. The Hall–Kier alpha value is -1.26. The van der Waals surface area contributed by atoms with E-state index in [1.54, 1.807) is 12.1 Å². The highest BCUT2D eigenvalue weighted by Gasteiger charge is 2.05. The molecule has 1 aromatic rings. The van der Waals surface area contributed by atoms with Gasteiger partial charge in [0.15, 0.2) is 0 Å². The van der Waals surface area contributed by atoms with Crippen LogP contribution in [0.1, 0.15) is 0 Å². The van der Waals surface area contributed by atoms with Crippen molar-refractivity contribution in [2.75, 3.05) is 33.9 Å². The second kappa shape index (κ2) is 7.14. The highest BCUT2D eigenvalue weighted by atomic mass is 35.5. The lowest BCUT2D eigenvalue weighted by atomic mass is 10.3. The number of carbonyl (C=O) groups excluding carboxylic acids is 1. The molecule has 0 saturated carbocycles. The highest BCUT2D eigenvalue weighted by molar-refractivity contribution is 6.30. The van der Waals surface area contributed by atoms with Gasteiger partial charge in [0.05, 0.1) is 13.7 Å². The number of likely N-dealkylation sites (N-methyl/N-ethyl adjacent to an activating group) is 1. The zero-order valence-electron chi connectivity index (χ0n) is 9.98. The molecule has 0 N–H and O–H groups in total. The second-order valence-electron chi connectivity index (χ2n) is 3.62. The van der Waals surface area contributed by atoms with E-state index >= 15 is 0 Å². The van der Waals surface area contributed by atoms with E-state index in [0.717, 1.165) is 5.75 Å². The summed E-state index contributed by atoms with van der Waals surface area (Å²) in [5.74, 6) is 0.472. The number of benzene rings is 1. The molecule has 4 nitrogen and oxygen atoms in total. The van der Waals surface area contributed by atoms with Gasteiger partial charge in [-0.3, -0.25) is 9.69 Å². The van der Waals surface area contributed by atoms with Crippen molar-refractivity contribution in [2.45, 2.75) is 0 Å². The molecule has 0 heterocycles. The Balaban J connectivity index is 2.25. The molecule has 0 aromatic heterocycles. The predicted molar refractivity (Wildman–Crippen MR) is 66.5 cm³/mol. The minimum Gasteiger partial charge on any atom is -0.492 e. The van der Waals surface area contributed by atoms with Crippen molar-refractivity contribution < 1.29 is 14.3 Å². The molecule has 0 spiro atoms. The Bertz CT molecular complexity index is 371. The Morgan fingerprint density at radius 2 is 2.24 bits per heavy atom. The predicted octanol–water partition coefficient (Wildman–Crippen LogP) is 1.82. The monoisotopic (exact) mass is 257 g/mol. The Kier molecular flexibility index (Phi) is 5.80. The quantitative estimate of drug-likeness (QED) is 0.729. The van der Waals surface area contributed by atoms with Crippen LogP contribution in [0.25, 0.3) is 0 Å². The summed E-state index contributed by atoms with van der Waals surface area (Å²) in [4.78, 5) is 12.8. The first-order valence-electron chi connectivity index (χ1n) is 5.25. The SMILES string of the molecule is COC(=O)CN(C)CCOc1cccc(Cl)c1. The fraction of sp³-hybridized carbons (Fsp3) is 0.417. The van der Waals surface area contributed by atoms with Crippen molar-refractivity contribution in [1.29, 1.82) is 0 Å².